The van der Waals surface area contributed by atoms with Crippen molar-refractivity contribution in [2.45, 2.75) is 51.6 Å². The van der Waals surface area contributed by atoms with Gasteiger partial charge in [0.2, 0.25) is 0 Å². The number of nitrogens with zero attached hydrogens (tertiary/aromatic N) is 3. The van der Waals surface area contributed by atoms with Gasteiger partial charge in [0.05, 0.1) is 6.54 Å². The number of likely N-dealkylation sites (tertiary alicyclic amines) is 1. The molecule has 2 fully saturated rings. The lowest BCUT2D eigenvalue weighted by Gasteiger charge is -2.46. The van der Waals surface area contributed by atoms with Crippen LogP contribution in [0.15, 0.2) is 16.5 Å². The van der Waals surface area contributed by atoms with Crippen molar-refractivity contribution in [1.82, 2.24) is 14.7 Å². The summed E-state index contributed by atoms with van der Waals surface area (Å²) in [5.74, 6) is 1.85. The lowest BCUT2D eigenvalue weighted by molar-refractivity contribution is -0.137. The van der Waals surface area contributed by atoms with Gasteiger partial charge in [-0.3, -0.25) is 14.6 Å². The summed E-state index contributed by atoms with van der Waals surface area (Å²) in [7, 11) is 2.18. The molecule has 0 radical (unpaired) electrons. The number of aliphatic carboxylic acids is 1. The number of hydrogen-bond donors (Lipinski definition) is 1. The maximum absolute atomic E-state index is 11.2. The Bertz CT molecular complexity index is 595. The van der Waals surface area contributed by atoms with E-state index in [1.54, 1.807) is 0 Å². The second-order valence-corrected chi connectivity index (χ2v) is 8.24. The number of hydrogen-bond acceptors (Lipinski definition) is 5. The van der Waals surface area contributed by atoms with E-state index in [9.17, 15) is 9.90 Å². The van der Waals surface area contributed by atoms with Gasteiger partial charge in [0.15, 0.2) is 0 Å². The Morgan fingerprint density at radius 2 is 1.93 bits per heavy atom. The molecular weight excluding hydrogens is 342 g/mol. The van der Waals surface area contributed by atoms with Crippen molar-refractivity contribution in [3.8, 4) is 0 Å². The molecule has 0 aromatic carbocycles. The maximum Gasteiger partial charge on any atom is 0.303 e. The highest BCUT2D eigenvalue weighted by Gasteiger charge is 2.34. The van der Waals surface area contributed by atoms with Crippen LogP contribution in [0.5, 0.6) is 0 Å². The fourth-order valence-electron chi connectivity index (χ4n) is 4.57. The number of carboxylic acid groups (broad SMARTS) is 1. The highest BCUT2D eigenvalue weighted by Crippen LogP contribution is 2.28. The van der Waals surface area contributed by atoms with E-state index in [-0.39, 0.29) is 6.42 Å². The van der Waals surface area contributed by atoms with Gasteiger partial charge in [-0.25, -0.2) is 0 Å². The summed E-state index contributed by atoms with van der Waals surface area (Å²) in [6.07, 6.45) is 4.25. The number of rotatable bonds is 8. The predicted molar refractivity (Wildman–Crippen MR) is 106 cm³/mol. The van der Waals surface area contributed by atoms with Crippen LogP contribution in [0.1, 0.15) is 44.1 Å². The zero-order chi connectivity index (χ0) is 19.2. The molecule has 2 saturated heterocycles. The minimum absolute atomic E-state index is 0.268. The van der Waals surface area contributed by atoms with E-state index in [1.165, 1.54) is 0 Å². The third-order valence-electron chi connectivity index (χ3n) is 6.11. The molecule has 0 spiro atoms. The van der Waals surface area contributed by atoms with Crippen LogP contribution >= 0.6 is 0 Å². The Morgan fingerprint density at radius 3 is 2.63 bits per heavy atom. The molecule has 2 atom stereocenters. The Labute approximate surface area is 163 Å². The first-order chi connectivity index (χ1) is 13.0. The highest BCUT2D eigenvalue weighted by atomic mass is 16.4. The third-order valence-corrected chi connectivity index (χ3v) is 6.11. The molecule has 0 unspecified atom stereocenters. The number of carbonyl (C=O) groups is 1. The van der Waals surface area contributed by atoms with Crippen molar-refractivity contribution in [3.05, 3.63) is 23.7 Å². The number of likely N-dealkylation sites (N-methyl/N-ethyl adjacent to an activating group) is 1. The van der Waals surface area contributed by atoms with Gasteiger partial charge in [0.25, 0.3) is 0 Å². The van der Waals surface area contributed by atoms with Crippen molar-refractivity contribution in [3.63, 3.8) is 0 Å². The van der Waals surface area contributed by atoms with E-state index in [2.05, 4.69) is 40.8 Å². The molecule has 0 amide bonds. The summed E-state index contributed by atoms with van der Waals surface area (Å²) >= 11 is 0. The van der Waals surface area contributed by atoms with Gasteiger partial charge in [0, 0.05) is 58.2 Å². The van der Waals surface area contributed by atoms with Crippen molar-refractivity contribution < 1.29 is 14.3 Å². The molecule has 1 N–H and O–H groups in total. The number of piperazine rings is 1. The van der Waals surface area contributed by atoms with Crippen molar-refractivity contribution in [1.29, 1.82) is 0 Å². The fraction of sp³-hybridized carbons (Fsp3) is 0.762. The second-order valence-electron chi connectivity index (χ2n) is 8.24. The van der Waals surface area contributed by atoms with E-state index >= 15 is 0 Å². The van der Waals surface area contributed by atoms with Gasteiger partial charge in [0.1, 0.15) is 11.5 Å². The zero-order valence-electron chi connectivity index (χ0n) is 16.9. The minimum Gasteiger partial charge on any atom is -0.481 e. The van der Waals surface area contributed by atoms with Crippen LogP contribution in [0, 0.1) is 5.92 Å². The molecule has 6 nitrogen and oxygen atoms in total. The Hall–Kier alpha value is -1.37. The van der Waals surface area contributed by atoms with Crippen LogP contribution in [-0.2, 0) is 17.8 Å². The highest BCUT2D eigenvalue weighted by molar-refractivity contribution is 5.66. The Balaban J connectivity index is 1.60. The van der Waals surface area contributed by atoms with Gasteiger partial charge in [-0.15, -0.1) is 0 Å². The Kier molecular flexibility index (Phi) is 7.33. The molecule has 2 aliphatic heterocycles. The summed E-state index contributed by atoms with van der Waals surface area (Å²) in [6, 6.07) is 4.71. The van der Waals surface area contributed by atoms with Gasteiger partial charge in [-0.2, -0.15) is 0 Å². The van der Waals surface area contributed by atoms with E-state index in [0.717, 1.165) is 83.0 Å². The molecule has 0 saturated carbocycles. The smallest absolute Gasteiger partial charge is 0.303 e. The first-order valence-electron chi connectivity index (χ1n) is 10.5. The summed E-state index contributed by atoms with van der Waals surface area (Å²) in [5.41, 5.74) is 0. The van der Waals surface area contributed by atoms with Crippen LogP contribution in [0.4, 0.5) is 0 Å². The number of piperidine rings is 1. The molecule has 3 heterocycles. The van der Waals surface area contributed by atoms with E-state index < -0.39 is 5.97 Å². The summed E-state index contributed by atoms with van der Waals surface area (Å²) < 4.78 is 5.96. The topological polar surface area (TPSA) is 60.2 Å². The van der Waals surface area contributed by atoms with Crippen LogP contribution in [-0.4, -0.2) is 78.1 Å². The minimum atomic E-state index is -0.681. The van der Waals surface area contributed by atoms with E-state index in [0.29, 0.717) is 12.0 Å². The largest absolute Gasteiger partial charge is 0.481 e. The van der Waals surface area contributed by atoms with E-state index in [4.69, 9.17) is 4.42 Å². The summed E-state index contributed by atoms with van der Waals surface area (Å²) in [6.45, 7) is 9.45. The first kappa shape index (κ1) is 20.4. The maximum atomic E-state index is 11.2. The molecule has 0 bridgehead atoms. The van der Waals surface area contributed by atoms with Crippen LogP contribution in [0.2, 0.25) is 0 Å². The lowest BCUT2D eigenvalue weighted by atomic mass is 9.86. The molecule has 6 heteroatoms. The van der Waals surface area contributed by atoms with Crippen molar-refractivity contribution in [2.75, 3.05) is 46.3 Å². The zero-order valence-corrected chi connectivity index (χ0v) is 16.9. The van der Waals surface area contributed by atoms with Gasteiger partial charge < -0.3 is 14.4 Å². The predicted octanol–water partition coefficient (Wildman–Crippen LogP) is 2.53. The van der Waals surface area contributed by atoms with Gasteiger partial charge in [-0.05, 0) is 44.4 Å². The number of aryl methyl sites for hydroxylation is 1. The average molecular weight is 378 g/mol. The first-order valence-corrected chi connectivity index (χ1v) is 10.5. The third kappa shape index (κ3) is 5.80. The van der Waals surface area contributed by atoms with Gasteiger partial charge in [-0.1, -0.05) is 6.92 Å². The molecular formula is C21H35N3O3. The average Bonchev–Trinajstić information content (AvgIpc) is 3.08. The molecule has 152 valence electrons. The molecule has 0 aliphatic carbocycles. The van der Waals surface area contributed by atoms with Crippen molar-refractivity contribution in [2.24, 2.45) is 5.92 Å². The molecule has 1 aromatic heterocycles. The number of furan rings is 1. The summed E-state index contributed by atoms with van der Waals surface area (Å²) in [4.78, 5) is 18.6. The standard InChI is InChI=1S/C21H35N3O3/c1-3-4-18-6-7-19(27-18)16-23-10-9-20(17(15-23)5-8-21(25)26)24-13-11-22(2)12-14-24/h6-7,17,20H,3-5,8-16H2,1-2H3,(H,25,26)/t17-,20+/m1/s1. The molecule has 2 aliphatic rings. The van der Waals surface area contributed by atoms with Crippen molar-refractivity contribution >= 4 is 5.97 Å². The molecule has 1 aromatic rings. The number of carboxylic acids is 1. The fourth-order valence-corrected chi connectivity index (χ4v) is 4.57. The van der Waals surface area contributed by atoms with E-state index in [1.807, 2.05) is 0 Å². The van der Waals surface area contributed by atoms with Crippen LogP contribution in [0.25, 0.3) is 0 Å². The SMILES string of the molecule is CCCc1ccc(CN2CC[C@H](N3CCN(C)CC3)[C@H](CCC(=O)O)C2)o1. The lowest BCUT2D eigenvalue weighted by Crippen LogP contribution is -2.56. The Morgan fingerprint density at radius 1 is 1.19 bits per heavy atom. The van der Waals surface area contributed by atoms with Gasteiger partial charge >= 0.3 is 5.97 Å². The van der Waals surface area contributed by atoms with Crippen LogP contribution < -0.4 is 0 Å². The van der Waals surface area contributed by atoms with Crippen LogP contribution in [0.3, 0.4) is 0 Å². The molecule has 27 heavy (non-hydrogen) atoms. The normalized spacial score (nSPS) is 25.7. The quantitative estimate of drug-likeness (QED) is 0.751. The monoisotopic (exact) mass is 377 g/mol. The second kappa shape index (κ2) is 9.71. The molecule has 3 rings (SSSR count). The summed E-state index contributed by atoms with van der Waals surface area (Å²) in [5, 5.41) is 9.18.